The molecule has 0 bridgehead atoms. The summed E-state index contributed by atoms with van der Waals surface area (Å²) in [4.78, 5) is 21.7. The summed E-state index contributed by atoms with van der Waals surface area (Å²) in [6.07, 6.45) is 1.59. The van der Waals surface area contributed by atoms with E-state index in [1.165, 1.54) is 6.07 Å². The van der Waals surface area contributed by atoms with E-state index in [0.29, 0.717) is 6.54 Å². The SMILES string of the molecule is NC(=O)c1ccn(Cc2ccccc2CC(=O)O)n1. The summed E-state index contributed by atoms with van der Waals surface area (Å²) in [5, 5.41) is 12.9. The summed E-state index contributed by atoms with van der Waals surface area (Å²) in [5.41, 5.74) is 6.89. The number of amides is 1. The average Bonchev–Trinajstić information content (AvgIpc) is 2.80. The quantitative estimate of drug-likeness (QED) is 0.823. The van der Waals surface area contributed by atoms with E-state index < -0.39 is 11.9 Å². The molecule has 1 aromatic heterocycles. The number of nitrogens with two attached hydrogens (primary N) is 1. The summed E-state index contributed by atoms with van der Waals surface area (Å²) in [6, 6.07) is 8.76. The monoisotopic (exact) mass is 259 g/mol. The van der Waals surface area contributed by atoms with E-state index >= 15 is 0 Å². The molecule has 0 spiro atoms. The maximum atomic E-state index is 10.9. The van der Waals surface area contributed by atoms with Crippen LogP contribution >= 0.6 is 0 Å². The van der Waals surface area contributed by atoms with Gasteiger partial charge in [-0.25, -0.2) is 0 Å². The molecule has 0 radical (unpaired) electrons. The summed E-state index contributed by atoms with van der Waals surface area (Å²) in [7, 11) is 0. The molecule has 0 fully saturated rings. The third-order valence-electron chi connectivity index (χ3n) is 2.69. The number of nitrogens with zero attached hydrogens (tertiary/aromatic N) is 2. The number of rotatable bonds is 5. The lowest BCUT2D eigenvalue weighted by Gasteiger charge is -2.07. The molecule has 0 atom stereocenters. The van der Waals surface area contributed by atoms with E-state index in [0.717, 1.165) is 11.1 Å². The van der Waals surface area contributed by atoms with Gasteiger partial charge < -0.3 is 10.8 Å². The second-order valence-corrected chi connectivity index (χ2v) is 4.10. The van der Waals surface area contributed by atoms with Crippen LogP contribution < -0.4 is 5.73 Å². The molecule has 0 aliphatic rings. The first-order chi connectivity index (χ1) is 9.06. The number of carbonyl (C=O) groups excluding carboxylic acids is 1. The normalized spacial score (nSPS) is 10.3. The van der Waals surface area contributed by atoms with Crippen LogP contribution in [0.2, 0.25) is 0 Å². The summed E-state index contributed by atoms with van der Waals surface area (Å²) in [5.74, 6) is -1.47. The Hall–Kier alpha value is -2.63. The molecule has 0 aliphatic carbocycles. The van der Waals surface area contributed by atoms with Crippen LogP contribution in [0.3, 0.4) is 0 Å². The number of carboxylic acids is 1. The number of hydrogen-bond acceptors (Lipinski definition) is 3. The molecule has 1 heterocycles. The van der Waals surface area contributed by atoms with Crippen molar-refractivity contribution >= 4 is 11.9 Å². The first kappa shape index (κ1) is 12.8. The minimum atomic E-state index is -0.884. The van der Waals surface area contributed by atoms with Crippen LogP contribution in [-0.2, 0) is 17.8 Å². The Bertz CT molecular complexity index is 619. The molecule has 6 heteroatoms. The molecule has 19 heavy (non-hydrogen) atoms. The topological polar surface area (TPSA) is 98.2 Å². The second kappa shape index (κ2) is 5.34. The minimum Gasteiger partial charge on any atom is -0.481 e. The Morgan fingerprint density at radius 2 is 1.89 bits per heavy atom. The van der Waals surface area contributed by atoms with Gasteiger partial charge in [-0.1, -0.05) is 24.3 Å². The third-order valence-corrected chi connectivity index (χ3v) is 2.69. The molecule has 0 saturated heterocycles. The standard InChI is InChI=1S/C13H13N3O3/c14-13(19)11-5-6-16(15-11)8-10-4-2-1-3-9(10)7-12(17)18/h1-6H,7-8H2,(H2,14,19)(H,17,18). The van der Waals surface area contributed by atoms with Crippen LogP contribution in [0.4, 0.5) is 0 Å². The van der Waals surface area contributed by atoms with Crippen LogP contribution in [0.5, 0.6) is 0 Å². The van der Waals surface area contributed by atoms with Crippen molar-refractivity contribution in [2.75, 3.05) is 0 Å². The van der Waals surface area contributed by atoms with Gasteiger partial charge in [0.05, 0.1) is 13.0 Å². The highest BCUT2D eigenvalue weighted by Crippen LogP contribution is 2.11. The molecule has 0 unspecified atom stereocenters. The lowest BCUT2D eigenvalue weighted by atomic mass is 10.0. The highest BCUT2D eigenvalue weighted by atomic mass is 16.4. The fourth-order valence-electron chi connectivity index (χ4n) is 1.80. The van der Waals surface area contributed by atoms with Crippen LogP contribution in [0, 0.1) is 0 Å². The first-order valence-corrected chi connectivity index (χ1v) is 5.68. The number of carbonyl (C=O) groups is 2. The summed E-state index contributed by atoms with van der Waals surface area (Å²) in [6.45, 7) is 0.400. The molecule has 1 amide bonds. The minimum absolute atomic E-state index is 0.0415. The van der Waals surface area contributed by atoms with Crippen molar-refractivity contribution in [2.24, 2.45) is 5.73 Å². The molecule has 6 nitrogen and oxygen atoms in total. The Morgan fingerprint density at radius 3 is 2.47 bits per heavy atom. The Kier molecular flexibility index (Phi) is 3.61. The molecule has 2 rings (SSSR count). The second-order valence-electron chi connectivity index (χ2n) is 4.10. The summed E-state index contributed by atoms with van der Waals surface area (Å²) >= 11 is 0. The number of hydrogen-bond donors (Lipinski definition) is 2. The largest absolute Gasteiger partial charge is 0.481 e. The van der Waals surface area contributed by atoms with Crippen LogP contribution in [0.25, 0.3) is 0 Å². The number of carboxylic acid groups (broad SMARTS) is 1. The van der Waals surface area contributed by atoms with Crippen molar-refractivity contribution in [1.82, 2.24) is 9.78 Å². The van der Waals surface area contributed by atoms with Crippen molar-refractivity contribution < 1.29 is 14.7 Å². The number of benzene rings is 1. The van der Waals surface area contributed by atoms with Gasteiger partial charge in [0.2, 0.25) is 0 Å². The van der Waals surface area contributed by atoms with Gasteiger partial charge in [-0.2, -0.15) is 5.10 Å². The highest BCUT2D eigenvalue weighted by Gasteiger charge is 2.09. The molecule has 98 valence electrons. The molecule has 0 aliphatic heterocycles. The van der Waals surface area contributed by atoms with Gasteiger partial charge in [0.25, 0.3) is 5.91 Å². The van der Waals surface area contributed by atoms with E-state index in [4.69, 9.17) is 10.8 Å². The predicted molar refractivity (Wildman–Crippen MR) is 67.6 cm³/mol. The van der Waals surface area contributed by atoms with Gasteiger partial charge in [0, 0.05) is 6.20 Å². The van der Waals surface area contributed by atoms with E-state index in [-0.39, 0.29) is 12.1 Å². The van der Waals surface area contributed by atoms with Crippen LogP contribution in [0.15, 0.2) is 36.5 Å². The molecule has 0 saturated carbocycles. The van der Waals surface area contributed by atoms with Gasteiger partial charge in [-0.15, -0.1) is 0 Å². The maximum Gasteiger partial charge on any atom is 0.307 e. The van der Waals surface area contributed by atoms with Crippen molar-refractivity contribution in [3.63, 3.8) is 0 Å². The summed E-state index contributed by atoms with van der Waals surface area (Å²) < 4.78 is 1.56. The smallest absolute Gasteiger partial charge is 0.307 e. The maximum absolute atomic E-state index is 10.9. The van der Waals surface area contributed by atoms with E-state index in [9.17, 15) is 9.59 Å². The number of primary amides is 1. The Balaban J connectivity index is 2.22. The van der Waals surface area contributed by atoms with Crippen molar-refractivity contribution in [1.29, 1.82) is 0 Å². The van der Waals surface area contributed by atoms with E-state index in [1.807, 2.05) is 12.1 Å². The lowest BCUT2D eigenvalue weighted by molar-refractivity contribution is -0.136. The first-order valence-electron chi connectivity index (χ1n) is 5.68. The predicted octanol–water partition coefficient (Wildman–Crippen LogP) is 0.657. The van der Waals surface area contributed by atoms with Gasteiger partial charge in [0.15, 0.2) is 0 Å². The number of aromatic nitrogens is 2. The van der Waals surface area contributed by atoms with Crippen molar-refractivity contribution in [3.05, 3.63) is 53.3 Å². The zero-order chi connectivity index (χ0) is 13.8. The third kappa shape index (κ3) is 3.19. The molecular formula is C13H13N3O3. The van der Waals surface area contributed by atoms with Gasteiger partial charge in [0.1, 0.15) is 5.69 Å². The fourth-order valence-corrected chi connectivity index (χ4v) is 1.80. The average molecular weight is 259 g/mol. The fraction of sp³-hybridized carbons (Fsp3) is 0.154. The molecule has 1 aromatic carbocycles. The molecular weight excluding hydrogens is 246 g/mol. The zero-order valence-electron chi connectivity index (χ0n) is 10.1. The van der Waals surface area contributed by atoms with Crippen molar-refractivity contribution in [2.45, 2.75) is 13.0 Å². The Morgan fingerprint density at radius 1 is 1.21 bits per heavy atom. The van der Waals surface area contributed by atoms with E-state index in [1.54, 1.807) is 23.0 Å². The zero-order valence-corrected chi connectivity index (χ0v) is 10.1. The lowest BCUT2D eigenvalue weighted by Crippen LogP contribution is -2.13. The molecule has 2 aromatic rings. The van der Waals surface area contributed by atoms with E-state index in [2.05, 4.69) is 5.10 Å². The number of aliphatic carboxylic acids is 1. The van der Waals surface area contributed by atoms with Gasteiger partial charge >= 0.3 is 5.97 Å². The van der Waals surface area contributed by atoms with Gasteiger partial charge in [-0.3, -0.25) is 14.3 Å². The van der Waals surface area contributed by atoms with Crippen molar-refractivity contribution in [3.8, 4) is 0 Å². The Labute approximate surface area is 109 Å². The molecule has 3 N–H and O–H groups in total. The van der Waals surface area contributed by atoms with Gasteiger partial charge in [-0.05, 0) is 17.2 Å². The highest BCUT2D eigenvalue weighted by molar-refractivity contribution is 5.90. The van der Waals surface area contributed by atoms with Crippen LogP contribution in [0.1, 0.15) is 21.6 Å². The van der Waals surface area contributed by atoms with Crippen LogP contribution in [-0.4, -0.2) is 26.8 Å².